The van der Waals surface area contributed by atoms with E-state index in [-0.39, 0.29) is 46.3 Å². The van der Waals surface area contributed by atoms with Crippen LogP contribution < -0.4 is 5.32 Å². The molecule has 0 saturated carbocycles. The third-order valence-electron chi connectivity index (χ3n) is 4.70. The van der Waals surface area contributed by atoms with Crippen molar-refractivity contribution >= 4 is 11.6 Å². The van der Waals surface area contributed by atoms with Crippen molar-refractivity contribution in [1.29, 1.82) is 0 Å². The number of fused-ring (bicyclic) bond motifs is 4. The minimum absolute atomic E-state index is 0.0416. The summed E-state index contributed by atoms with van der Waals surface area (Å²) in [5.74, 6) is -0.598. The molecule has 104 valence electrons. The number of nitrogens with zero attached hydrogens (tertiary/aromatic N) is 1. The van der Waals surface area contributed by atoms with Gasteiger partial charge in [0, 0.05) is 23.7 Å². The van der Waals surface area contributed by atoms with Crippen LogP contribution in [0.2, 0.25) is 0 Å². The second-order valence-corrected chi connectivity index (χ2v) is 5.61. The van der Waals surface area contributed by atoms with Crippen LogP contribution >= 0.6 is 0 Å². The van der Waals surface area contributed by atoms with E-state index in [1.807, 2.05) is 0 Å². The SMILES string of the molecule is C=C1C2=C(C(=O)C(C)=C(OC)C2=O)N2C[C@@H]3N[C@@H]3[C@]12O. The van der Waals surface area contributed by atoms with Crippen molar-refractivity contribution in [3.05, 3.63) is 34.8 Å². The zero-order valence-electron chi connectivity index (χ0n) is 11.2. The number of carbonyl (C=O) groups is 2. The van der Waals surface area contributed by atoms with E-state index in [1.54, 1.807) is 11.8 Å². The number of allylic oxidation sites excluding steroid dienone is 2. The average molecular weight is 274 g/mol. The molecule has 3 heterocycles. The van der Waals surface area contributed by atoms with Crippen molar-refractivity contribution in [2.45, 2.75) is 24.7 Å². The molecular weight excluding hydrogens is 260 g/mol. The number of piperazine rings is 1. The molecule has 0 spiro atoms. The predicted octanol–water partition coefficient (Wildman–Crippen LogP) is -0.773. The number of Topliss-reactive ketones (excluding diaryl/α,β-unsaturated/α-hetero) is 2. The minimum Gasteiger partial charge on any atom is -0.492 e. The van der Waals surface area contributed by atoms with Gasteiger partial charge in [-0.3, -0.25) is 9.59 Å². The van der Waals surface area contributed by atoms with Crippen LogP contribution in [0, 0.1) is 0 Å². The topological polar surface area (TPSA) is 88.8 Å². The summed E-state index contributed by atoms with van der Waals surface area (Å²) in [7, 11) is 1.36. The van der Waals surface area contributed by atoms with E-state index in [1.165, 1.54) is 7.11 Å². The summed E-state index contributed by atoms with van der Waals surface area (Å²) in [5.41, 5.74) is -0.307. The number of aliphatic hydroxyl groups is 1. The molecule has 0 bridgehead atoms. The molecule has 2 saturated heterocycles. The Labute approximate surface area is 115 Å². The maximum atomic E-state index is 12.5. The molecule has 4 rings (SSSR count). The van der Waals surface area contributed by atoms with Gasteiger partial charge in [0.2, 0.25) is 11.6 Å². The first-order valence-corrected chi connectivity index (χ1v) is 6.47. The van der Waals surface area contributed by atoms with Crippen molar-refractivity contribution in [2.75, 3.05) is 13.7 Å². The van der Waals surface area contributed by atoms with Gasteiger partial charge in [-0.1, -0.05) is 6.58 Å². The van der Waals surface area contributed by atoms with Crippen LogP contribution in [0.15, 0.2) is 34.8 Å². The lowest BCUT2D eigenvalue weighted by Gasteiger charge is -2.32. The van der Waals surface area contributed by atoms with Crippen molar-refractivity contribution in [3.8, 4) is 0 Å². The number of methoxy groups -OCH3 is 1. The molecular formula is C14H14N2O4. The second-order valence-electron chi connectivity index (χ2n) is 5.61. The number of hydrogen-bond donors (Lipinski definition) is 2. The fraction of sp³-hybridized carbons (Fsp3) is 0.429. The van der Waals surface area contributed by atoms with Gasteiger partial charge in [-0.2, -0.15) is 0 Å². The largest absolute Gasteiger partial charge is 0.492 e. The molecule has 2 fully saturated rings. The number of hydrogen-bond acceptors (Lipinski definition) is 6. The van der Waals surface area contributed by atoms with E-state index in [2.05, 4.69) is 11.9 Å². The van der Waals surface area contributed by atoms with Crippen molar-refractivity contribution in [1.82, 2.24) is 10.2 Å². The highest BCUT2D eigenvalue weighted by molar-refractivity contribution is 6.26. The Morgan fingerprint density at radius 2 is 2.15 bits per heavy atom. The van der Waals surface area contributed by atoms with Crippen molar-refractivity contribution < 1.29 is 19.4 Å². The Bertz CT molecular complexity index is 675. The number of ether oxygens (including phenoxy) is 1. The Hall–Kier alpha value is -1.92. The Morgan fingerprint density at radius 3 is 2.80 bits per heavy atom. The predicted molar refractivity (Wildman–Crippen MR) is 68.3 cm³/mol. The van der Waals surface area contributed by atoms with E-state index in [4.69, 9.17) is 4.74 Å². The van der Waals surface area contributed by atoms with Gasteiger partial charge >= 0.3 is 0 Å². The molecule has 1 aliphatic carbocycles. The molecule has 0 unspecified atom stereocenters. The lowest BCUT2D eigenvalue weighted by atomic mass is 9.88. The number of rotatable bonds is 1. The molecule has 3 atom stereocenters. The Balaban J connectivity index is 1.90. The summed E-state index contributed by atoms with van der Waals surface area (Å²) < 4.78 is 5.05. The smallest absolute Gasteiger partial charge is 0.230 e. The number of carbonyl (C=O) groups excluding carboxylic acids is 2. The molecule has 2 N–H and O–H groups in total. The summed E-state index contributed by atoms with van der Waals surface area (Å²) in [6, 6.07) is -0.00527. The summed E-state index contributed by atoms with van der Waals surface area (Å²) in [5, 5.41) is 14.0. The summed E-state index contributed by atoms with van der Waals surface area (Å²) >= 11 is 0. The first-order valence-electron chi connectivity index (χ1n) is 6.47. The van der Waals surface area contributed by atoms with Crippen LogP contribution in [0.3, 0.4) is 0 Å². The lowest BCUT2D eigenvalue weighted by molar-refractivity contribution is -0.119. The van der Waals surface area contributed by atoms with Crippen molar-refractivity contribution in [3.63, 3.8) is 0 Å². The monoisotopic (exact) mass is 274 g/mol. The van der Waals surface area contributed by atoms with Gasteiger partial charge in [0.05, 0.1) is 24.4 Å². The van der Waals surface area contributed by atoms with Gasteiger partial charge in [0.15, 0.2) is 11.5 Å². The summed E-state index contributed by atoms with van der Waals surface area (Å²) in [6.45, 7) is 5.94. The molecule has 0 aromatic carbocycles. The molecule has 4 aliphatic rings. The highest BCUT2D eigenvalue weighted by Crippen LogP contribution is 2.53. The Morgan fingerprint density at radius 1 is 1.45 bits per heavy atom. The molecule has 0 aromatic heterocycles. The highest BCUT2D eigenvalue weighted by atomic mass is 16.5. The molecule has 0 amide bonds. The molecule has 0 aromatic rings. The average Bonchev–Trinajstić information content (AvgIpc) is 3.08. The minimum atomic E-state index is -1.36. The fourth-order valence-corrected chi connectivity index (χ4v) is 3.60. The van der Waals surface area contributed by atoms with Gasteiger partial charge in [-0.05, 0) is 6.92 Å². The summed E-state index contributed by atoms with van der Waals surface area (Å²) in [4.78, 5) is 26.6. The molecule has 0 radical (unpaired) electrons. The van der Waals surface area contributed by atoms with Crippen LogP contribution in [0.4, 0.5) is 0 Å². The number of nitrogens with one attached hydrogen (secondary N) is 1. The van der Waals surface area contributed by atoms with Crippen LogP contribution in [-0.4, -0.2) is 53.0 Å². The van der Waals surface area contributed by atoms with E-state index in [0.29, 0.717) is 12.1 Å². The van der Waals surface area contributed by atoms with E-state index in [0.717, 1.165) is 0 Å². The number of ketones is 2. The van der Waals surface area contributed by atoms with Gasteiger partial charge in [-0.25, -0.2) is 0 Å². The lowest BCUT2D eigenvalue weighted by Crippen LogP contribution is -2.48. The zero-order chi connectivity index (χ0) is 14.4. The molecule has 6 nitrogen and oxygen atoms in total. The summed E-state index contributed by atoms with van der Waals surface area (Å²) in [6.07, 6.45) is 0. The Kier molecular flexibility index (Phi) is 1.91. The van der Waals surface area contributed by atoms with E-state index in [9.17, 15) is 14.7 Å². The standard InChI is InChI=1S/C14H14N2O4/c1-5-10(17)9-8(11(18)12(5)20-3)6(2)14(19)13-7(15-13)4-16(9)14/h7,13,15,19H,2,4H2,1,3H3/t7-,13-,14+/m0/s1. The maximum absolute atomic E-state index is 12.5. The van der Waals surface area contributed by atoms with Crippen LogP contribution in [0.1, 0.15) is 6.92 Å². The highest BCUT2D eigenvalue weighted by Gasteiger charge is 2.69. The fourth-order valence-electron chi connectivity index (χ4n) is 3.60. The maximum Gasteiger partial charge on any atom is 0.230 e. The molecule has 6 heteroatoms. The van der Waals surface area contributed by atoms with Gasteiger partial charge in [0.1, 0.15) is 0 Å². The molecule has 20 heavy (non-hydrogen) atoms. The zero-order valence-corrected chi connectivity index (χ0v) is 11.2. The van der Waals surface area contributed by atoms with Crippen LogP contribution in [0.25, 0.3) is 0 Å². The van der Waals surface area contributed by atoms with Gasteiger partial charge < -0.3 is 20.1 Å². The van der Waals surface area contributed by atoms with E-state index >= 15 is 0 Å². The first-order chi connectivity index (χ1) is 9.42. The van der Waals surface area contributed by atoms with Crippen LogP contribution in [-0.2, 0) is 14.3 Å². The molecule has 3 aliphatic heterocycles. The third kappa shape index (κ3) is 1.01. The van der Waals surface area contributed by atoms with Crippen LogP contribution in [0.5, 0.6) is 0 Å². The quantitative estimate of drug-likeness (QED) is 0.482. The normalized spacial score (nSPS) is 38.4. The third-order valence-corrected chi connectivity index (χ3v) is 4.70. The van der Waals surface area contributed by atoms with Gasteiger partial charge in [-0.15, -0.1) is 0 Å². The van der Waals surface area contributed by atoms with Crippen molar-refractivity contribution in [2.24, 2.45) is 0 Å². The second kappa shape index (κ2) is 3.21. The van der Waals surface area contributed by atoms with Gasteiger partial charge in [0.25, 0.3) is 0 Å². The first kappa shape index (κ1) is 11.9. The van der Waals surface area contributed by atoms with E-state index < -0.39 is 5.72 Å².